The first-order valence-corrected chi connectivity index (χ1v) is 7.17. The Bertz CT molecular complexity index is 338. The van der Waals surface area contributed by atoms with E-state index in [0.29, 0.717) is 38.5 Å². The molecule has 2 N–H and O–H groups in total. The molecule has 0 aliphatic carbocycles. The zero-order chi connectivity index (χ0) is 15.2. The lowest BCUT2D eigenvalue weighted by atomic mass is 9.80. The number of aliphatic carboxylic acids is 1. The summed E-state index contributed by atoms with van der Waals surface area (Å²) in [5.41, 5.74) is -0.882. The van der Waals surface area contributed by atoms with Gasteiger partial charge in [-0.3, -0.25) is 4.79 Å². The van der Waals surface area contributed by atoms with Crippen molar-refractivity contribution in [3.05, 3.63) is 0 Å². The fourth-order valence-corrected chi connectivity index (χ4v) is 2.16. The molecule has 0 spiro atoms. The van der Waals surface area contributed by atoms with Crippen molar-refractivity contribution in [2.24, 2.45) is 11.3 Å². The predicted molar refractivity (Wildman–Crippen MR) is 75.6 cm³/mol. The number of rotatable bonds is 6. The van der Waals surface area contributed by atoms with Crippen molar-refractivity contribution in [3.63, 3.8) is 0 Å². The average Bonchev–Trinajstić information content (AvgIpc) is 2.42. The van der Waals surface area contributed by atoms with Crippen LogP contribution in [0.3, 0.4) is 0 Å². The summed E-state index contributed by atoms with van der Waals surface area (Å²) in [5, 5.41) is 12.1. The van der Waals surface area contributed by atoms with Crippen LogP contribution in [-0.2, 0) is 9.53 Å². The summed E-state index contributed by atoms with van der Waals surface area (Å²) in [5.74, 6) is -0.322. The molecule has 0 atom stereocenters. The van der Waals surface area contributed by atoms with E-state index in [0.717, 1.165) is 6.42 Å². The minimum atomic E-state index is -0.882. The summed E-state index contributed by atoms with van der Waals surface area (Å²) in [6.07, 6.45) is 1.82. The highest BCUT2D eigenvalue weighted by molar-refractivity contribution is 5.78. The van der Waals surface area contributed by atoms with Gasteiger partial charge in [0, 0.05) is 33.4 Å². The first-order valence-electron chi connectivity index (χ1n) is 7.17. The lowest BCUT2D eigenvalue weighted by Gasteiger charge is -2.33. The highest BCUT2D eigenvalue weighted by Crippen LogP contribution is 2.30. The lowest BCUT2D eigenvalue weighted by molar-refractivity contribution is -0.154. The van der Waals surface area contributed by atoms with Crippen molar-refractivity contribution in [1.82, 2.24) is 10.2 Å². The number of hydrogen-bond acceptors (Lipinski definition) is 3. The fourth-order valence-electron chi connectivity index (χ4n) is 2.16. The largest absolute Gasteiger partial charge is 0.481 e. The molecule has 1 aliphatic rings. The van der Waals surface area contributed by atoms with Gasteiger partial charge in [0.1, 0.15) is 0 Å². The van der Waals surface area contributed by atoms with Crippen LogP contribution < -0.4 is 5.32 Å². The topological polar surface area (TPSA) is 78.9 Å². The monoisotopic (exact) mass is 286 g/mol. The van der Waals surface area contributed by atoms with Gasteiger partial charge in [-0.1, -0.05) is 13.8 Å². The molecule has 1 rings (SSSR count). The zero-order valence-corrected chi connectivity index (χ0v) is 12.6. The second-order valence-corrected chi connectivity index (χ2v) is 5.96. The maximum Gasteiger partial charge on any atom is 0.317 e. The van der Waals surface area contributed by atoms with Crippen molar-refractivity contribution in [1.29, 1.82) is 0 Å². The molecule has 1 aliphatic heterocycles. The second kappa shape index (κ2) is 7.47. The van der Waals surface area contributed by atoms with Gasteiger partial charge in [-0.25, -0.2) is 4.79 Å². The van der Waals surface area contributed by atoms with E-state index in [-0.39, 0.29) is 12.6 Å². The molecule has 6 nitrogen and oxygen atoms in total. The molecule has 0 aromatic heterocycles. The van der Waals surface area contributed by atoms with E-state index in [1.165, 1.54) is 0 Å². The number of nitrogens with zero attached hydrogens (tertiary/aromatic N) is 1. The molecule has 1 saturated heterocycles. The summed E-state index contributed by atoms with van der Waals surface area (Å²) in [6, 6.07) is -0.210. The first kappa shape index (κ1) is 16.8. The van der Waals surface area contributed by atoms with E-state index in [1.807, 2.05) is 0 Å². The fraction of sp³-hybridized carbons (Fsp3) is 0.857. The van der Waals surface area contributed by atoms with Gasteiger partial charge in [-0.2, -0.15) is 0 Å². The summed E-state index contributed by atoms with van der Waals surface area (Å²) in [7, 11) is 1.73. The number of carboxylic acids is 1. The summed E-state index contributed by atoms with van der Waals surface area (Å²) >= 11 is 0. The summed E-state index contributed by atoms with van der Waals surface area (Å²) in [6.45, 7) is 5.92. The third kappa shape index (κ3) is 4.67. The van der Waals surface area contributed by atoms with E-state index >= 15 is 0 Å². The number of nitrogens with one attached hydrogen (secondary N) is 1. The van der Waals surface area contributed by atoms with E-state index in [9.17, 15) is 14.7 Å². The maximum absolute atomic E-state index is 12.0. The van der Waals surface area contributed by atoms with Gasteiger partial charge in [0.15, 0.2) is 0 Å². The van der Waals surface area contributed by atoms with Crippen LogP contribution in [0.2, 0.25) is 0 Å². The summed E-state index contributed by atoms with van der Waals surface area (Å²) < 4.78 is 5.21. The van der Waals surface area contributed by atoms with Crippen LogP contribution in [-0.4, -0.2) is 55.4 Å². The Morgan fingerprint density at radius 3 is 2.45 bits per heavy atom. The van der Waals surface area contributed by atoms with Crippen molar-refractivity contribution in [2.45, 2.75) is 33.1 Å². The van der Waals surface area contributed by atoms with Crippen LogP contribution in [0.1, 0.15) is 33.1 Å². The number of carboxylic acid groups (broad SMARTS) is 1. The third-order valence-corrected chi connectivity index (χ3v) is 3.87. The van der Waals surface area contributed by atoms with Gasteiger partial charge in [-0.05, 0) is 25.2 Å². The van der Waals surface area contributed by atoms with Crippen molar-refractivity contribution >= 4 is 12.0 Å². The van der Waals surface area contributed by atoms with Crippen LogP contribution >= 0.6 is 0 Å². The van der Waals surface area contributed by atoms with E-state index < -0.39 is 11.4 Å². The Labute approximate surface area is 120 Å². The van der Waals surface area contributed by atoms with Crippen molar-refractivity contribution in [2.75, 3.05) is 33.4 Å². The molecule has 0 unspecified atom stereocenters. The lowest BCUT2D eigenvalue weighted by Crippen LogP contribution is -2.49. The molecule has 1 heterocycles. The maximum atomic E-state index is 12.0. The second-order valence-electron chi connectivity index (χ2n) is 5.96. The molecule has 20 heavy (non-hydrogen) atoms. The van der Waals surface area contributed by atoms with Crippen LogP contribution in [0, 0.1) is 11.3 Å². The predicted octanol–water partition coefficient (Wildman–Crippen LogP) is 1.56. The van der Waals surface area contributed by atoms with Gasteiger partial charge >= 0.3 is 12.0 Å². The Kier molecular flexibility index (Phi) is 6.26. The highest BCUT2D eigenvalue weighted by Gasteiger charge is 2.40. The molecule has 0 aromatic carbocycles. The van der Waals surface area contributed by atoms with Crippen LogP contribution in [0.15, 0.2) is 0 Å². The molecule has 1 fully saturated rings. The number of carbonyl (C=O) groups excluding carboxylic acids is 1. The normalized spacial score (nSPS) is 17.8. The Morgan fingerprint density at radius 1 is 1.35 bits per heavy atom. The number of ether oxygens (including phenoxy) is 1. The molecular weight excluding hydrogens is 260 g/mol. The SMILES string of the molecule is CC(C)CCN(C)C(=O)NCC1(C(=O)O)CCOCC1. The van der Waals surface area contributed by atoms with Gasteiger partial charge < -0.3 is 20.1 Å². The minimum absolute atomic E-state index is 0.163. The molecule has 6 heteroatoms. The average molecular weight is 286 g/mol. The first-order chi connectivity index (χ1) is 9.37. The van der Waals surface area contributed by atoms with Crippen molar-refractivity contribution in [3.8, 4) is 0 Å². The van der Waals surface area contributed by atoms with Gasteiger partial charge in [-0.15, -0.1) is 0 Å². The standard InChI is InChI=1S/C14H26N2O4/c1-11(2)4-7-16(3)13(19)15-10-14(12(17)18)5-8-20-9-6-14/h11H,4-10H2,1-3H3,(H,15,19)(H,17,18). The van der Waals surface area contributed by atoms with Gasteiger partial charge in [0.25, 0.3) is 0 Å². The van der Waals surface area contributed by atoms with Crippen molar-refractivity contribution < 1.29 is 19.4 Å². The molecule has 0 saturated carbocycles. The third-order valence-electron chi connectivity index (χ3n) is 3.87. The number of hydrogen-bond donors (Lipinski definition) is 2. The highest BCUT2D eigenvalue weighted by atomic mass is 16.5. The summed E-state index contributed by atoms with van der Waals surface area (Å²) in [4.78, 5) is 25.0. The Hall–Kier alpha value is -1.30. The molecule has 0 bridgehead atoms. The number of amides is 2. The smallest absolute Gasteiger partial charge is 0.317 e. The quantitative estimate of drug-likeness (QED) is 0.776. The van der Waals surface area contributed by atoms with Crippen LogP contribution in [0.5, 0.6) is 0 Å². The van der Waals surface area contributed by atoms with E-state index in [4.69, 9.17) is 4.74 Å². The molecular formula is C14H26N2O4. The molecule has 0 aromatic rings. The van der Waals surface area contributed by atoms with Crippen LogP contribution in [0.4, 0.5) is 4.79 Å². The number of carbonyl (C=O) groups is 2. The van der Waals surface area contributed by atoms with Gasteiger partial charge in [0.2, 0.25) is 0 Å². The zero-order valence-electron chi connectivity index (χ0n) is 12.6. The minimum Gasteiger partial charge on any atom is -0.481 e. The molecule has 116 valence electrons. The number of urea groups is 1. The Balaban J connectivity index is 2.46. The van der Waals surface area contributed by atoms with E-state index in [2.05, 4.69) is 19.2 Å². The van der Waals surface area contributed by atoms with Crippen LogP contribution in [0.25, 0.3) is 0 Å². The molecule has 0 radical (unpaired) electrons. The Morgan fingerprint density at radius 2 is 1.95 bits per heavy atom. The van der Waals surface area contributed by atoms with E-state index in [1.54, 1.807) is 11.9 Å². The van der Waals surface area contributed by atoms with Gasteiger partial charge in [0.05, 0.1) is 5.41 Å². The molecule has 2 amide bonds.